The van der Waals surface area contributed by atoms with Crippen molar-refractivity contribution in [2.24, 2.45) is 0 Å². The lowest BCUT2D eigenvalue weighted by atomic mass is 10.1. The minimum absolute atomic E-state index is 0.144. The third-order valence-electron chi connectivity index (χ3n) is 2.62. The Hall–Kier alpha value is -1.00. The zero-order valence-corrected chi connectivity index (χ0v) is 12.3. The van der Waals surface area contributed by atoms with Crippen LogP contribution in [0.3, 0.4) is 0 Å². The summed E-state index contributed by atoms with van der Waals surface area (Å²) in [6, 6.07) is 4.43. The average Bonchev–Trinajstić information content (AvgIpc) is 2.31. The maximum atomic E-state index is 13.2. The van der Waals surface area contributed by atoms with Crippen molar-refractivity contribution in [1.29, 1.82) is 0 Å². The van der Waals surface area contributed by atoms with Crippen LogP contribution in [0, 0.1) is 12.7 Å². The van der Waals surface area contributed by atoms with Gasteiger partial charge >= 0.3 is 0 Å². The summed E-state index contributed by atoms with van der Waals surface area (Å²) in [5.74, 6) is 0.171. The number of hydrogen-bond donors (Lipinski definition) is 0. The summed E-state index contributed by atoms with van der Waals surface area (Å²) in [6.07, 6.45) is 1.69. The molecule has 0 spiro atoms. The number of hydrogen-bond acceptors (Lipinski definition) is 2. The fourth-order valence-electron chi connectivity index (χ4n) is 1.67. The molecule has 0 aliphatic heterocycles. The van der Waals surface area contributed by atoms with Gasteiger partial charge in [-0.1, -0.05) is 15.9 Å². The highest BCUT2D eigenvalue weighted by Gasteiger charge is 2.12. The van der Waals surface area contributed by atoms with Crippen molar-refractivity contribution in [1.82, 2.24) is 9.97 Å². The predicted octanol–water partition coefficient (Wildman–Crippen LogP) is 4.65. The van der Waals surface area contributed by atoms with Gasteiger partial charge in [-0.15, -0.1) is 11.6 Å². The number of rotatable bonds is 2. The molecule has 1 heterocycles. The number of halogens is 3. The van der Waals surface area contributed by atoms with E-state index in [4.69, 9.17) is 11.6 Å². The first-order valence-electron chi connectivity index (χ1n) is 5.42. The molecule has 2 rings (SSSR count). The molecule has 94 valence electrons. The third-order valence-corrected chi connectivity index (χ3v) is 3.54. The summed E-state index contributed by atoms with van der Waals surface area (Å²) in [7, 11) is 0. The Morgan fingerprint density at radius 1 is 1.39 bits per heavy atom. The van der Waals surface area contributed by atoms with Crippen LogP contribution in [-0.4, -0.2) is 9.97 Å². The highest BCUT2D eigenvalue weighted by atomic mass is 79.9. The van der Waals surface area contributed by atoms with E-state index in [0.717, 1.165) is 15.7 Å². The van der Waals surface area contributed by atoms with Gasteiger partial charge in [0.15, 0.2) is 5.82 Å². The zero-order chi connectivity index (χ0) is 13.3. The molecule has 1 atom stereocenters. The molecule has 1 aromatic carbocycles. The molecule has 0 fully saturated rings. The predicted molar refractivity (Wildman–Crippen MR) is 74.1 cm³/mol. The Balaban J connectivity index is 2.52. The minimum atomic E-state index is -0.316. The van der Waals surface area contributed by atoms with E-state index in [1.165, 1.54) is 12.1 Å². The van der Waals surface area contributed by atoms with Crippen LogP contribution >= 0.6 is 27.5 Å². The smallest absolute Gasteiger partial charge is 0.160 e. The number of aromatic nitrogens is 2. The van der Waals surface area contributed by atoms with E-state index in [9.17, 15) is 4.39 Å². The second-order valence-electron chi connectivity index (χ2n) is 3.97. The molecule has 0 saturated carbocycles. The molecule has 1 aromatic heterocycles. The van der Waals surface area contributed by atoms with Crippen LogP contribution in [-0.2, 0) is 0 Å². The van der Waals surface area contributed by atoms with E-state index < -0.39 is 0 Å². The van der Waals surface area contributed by atoms with E-state index in [1.807, 2.05) is 13.8 Å². The molecule has 0 saturated heterocycles. The van der Waals surface area contributed by atoms with Crippen LogP contribution in [0.15, 0.2) is 28.9 Å². The largest absolute Gasteiger partial charge is 0.236 e. The van der Waals surface area contributed by atoms with Gasteiger partial charge in [-0.05, 0) is 32.0 Å². The minimum Gasteiger partial charge on any atom is -0.236 e. The SMILES string of the molecule is Cc1nc(-c2cc(F)ccc2Br)ncc1C(C)Cl. The Labute approximate surface area is 118 Å². The van der Waals surface area contributed by atoms with Gasteiger partial charge in [0.05, 0.1) is 5.38 Å². The van der Waals surface area contributed by atoms with E-state index in [0.29, 0.717) is 11.4 Å². The standard InChI is InChI=1S/C13H11BrClFN2/c1-7(15)11-6-17-13(18-8(11)2)10-5-9(16)3-4-12(10)14/h3-7H,1-2H3. The molecule has 1 unspecified atom stereocenters. The van der Waals surface area contributed by atoms with Gasteiger partial charge in [-0.3, -0.25) is 0 Å². The quantitative estimate of drug-likeness (QED) is 0.749. The molecular weight excluding hydrogens is 319 g/mol. The lowest BCUT2D eigenvalue weighted by Gasteiger charge is -2.09. The molecule has 5 heteroatoms. The number of aryl methyl sites for hydroxylation is 1. The highest BCUT2D eigenvalue weighted by Crippen LogP contribution is 2.28. The molecule has 0 aliphatic carbocycles. The number of benzene rings is 1. The van der Waals surface area contributed by atoms with Gasteiger partial charge in [0.1, 0.15) is 5.82 Å². The number of alkyl halides is 1. The summed E-state index contributed by atoms with van der Waals surface area (Å²) >= 11 is 9.38. The summed E-state index contributed by atoms with van der Waals surface area (Å²) in [5, 5.41) is -0.144. The van der Waals surface area contributed by atoms with Gasteiger partial charge < -0.3 is 0 Å². The van der Waals surface area contributed by atoms with Crippen LogP contribution in [0.2, 0.25) is 0 Å². The lowest BCUT2D eigenvalue weighted by molar-refractivity contribution is 0.628. The highest BCUT2D eigenvalue weighted by molar-refractivity contribution is 9.10. The molecule has 0 bridgehead atoms. The van der Waals surface area contributed by atoms with Crippen LogP contribution in [0.5, 0.6) is 0 Å². The Kier molecular flexibility index (Phi) is 3.97. The second kappa shape index (κ2) is 5.33. The van der Waals surface area contributed by atoms with E-state index in [1.54, 1.807) is 12.3 Å². The molecule has 18 heavy (non-hydrogen) atoms. The van der Waals surface area contributed by atoms with Crippen molar-refractivity contribution < 1.29 is 4.39 Å². The molecular formula is C13H11BrClFN2. The van der Waals surface area contributed by atoms with Crippen LogP contribution in [0.25, 0.3) is 11.4 Å². The van der Waals surface area contributed by atoms with Crippen molar-refractivity contribution in [2.45, 2.75) is 19.2 Å². The van der Waals surface area contributed by atoms with Crippen molar-refractivity contribution in [3.8, 4) is 11.4 Å². The van der Waals surface area contributed by atoms with Crippen molar-refractivity contribution in [3.05, 3.63) is 45.9 Å². The molecule has 0 aliphatic rings. The van der Waals surface area contributed by atoms with Crippen LogP contribution in [0.1, 0.15) is 23.6 Å². The first-order valence-corrected chi connectivity index (χ1v) is 6.65. The summed E-state index contributed by atoms with van der Waals surface area (Å²) in [5.41, 5.74) is 2.32. The topological polar surface area (TPSA) is 25.8 Å². The van der Waals surface area contributed by atoms with Crippen molar-refractivity contribution in [2.75, 3.05) is 0 Å². The molecule has 0 radical (unpaired) electrons. The monoisotopic (exact) mass is 328 g/mol. The Morgan fingerprint density at radius 3 is 2.72 bits per heavy atom. The molecule has 2 aromatic rings. The van der Waals surface area contributed by atoms with Gasteiger partial charge in [0.2, 0.25) is 0 Å². The van der Waals surface area contributed by atoms with Crippen molar-refractivity contribution >= 4 is 27.5 Å². The lowest BCUT2D eigenvalue weighted by Crippen LogP contribution is -1.99. The summed E-state index contributed by atoms with van der Waals surface area (Å²) in [6.45, 7) is 3.73. The normalized spacial score (nSPS) is 12.5. The maximum absolute atomic E-state index is 13.2. The molecule has 2 nitrogen and oxygen atoms in total. The first-order chi connectivity index (χ1) is 8.49. The van der Waals surface area contributed by atoms with Crippen molar-refractivity contribution in [3.63, 3.8) is 0 Å². The average molecular weight is 330 g/mol. The second-order valence-corrected chi connectivity index (χ2v) is 5.48. The third kappa shape index (κ3) is 2.70. The number of nitrogens with zero attached hydrogens (tertiary/aromatic N) is 2. The van der Waals surface area contributed by atoms with Gasteiger partial charge in [-0.2, -0.15) is 0 Å². The maximum Gasteiger partial charge on any atom is 0.160 e. The van der Waals surface area contributed by atoms with Gasteiger partial charge in [-0.25, -0.2) is 14.4 Å². The fraction of sp³-hybridized carbons (Fsp3) is 0.231. The van der Waals surface area contributed by atoms with Gasteiger partial charge in [0.25, 0.3) is 0 Å². The van der Waals surface area contributed by atoms with Crippen LogP contribution < -0.4 is 0 Å². The Morgan fingerprint density at radius 2 is 2.11 bits per heavy atom. The Bertz CT molecular complexity index is 587. The summed E-state index contributed by atoms with van der Waals surface area (Å²) < 4.78 is 14.0. The summed E-state index contributed by atoms with van der Waals surface area (Å²) in [4.78, 5) is 8.62. The fourth-order valence-corrected chi connectivity index (χ4v) is 2.30. The molecule has 0 amide bonds. The van der Waals surface area contributed by atoms with Gasteiger partial charge in [0, 0.05) is 27.5 Å². The van der Waals surface area contributed by atoms with E-state index in [-0.39, 0.29) is 11.2 Å². The zero-order valence-electron chi connectivity index (χ0n) is 9.92. The molecule has 0 N–H and O–H groups in total. The van der Waals surface area contributed by atoms with Crippen LogP contribution in [0.4, 0.5) is 4.39 Å². The van der Waals surface area contributed by atoms with E-state index in [2.05, 4.69) is 25.9 Å². The van der Waals surface area contributed by atoms with E-state index >= 15 is 0 Å². The first kappa shape index (κ1) is 13.4.